The Balaban J connectivity index is 3.23. The lowest BCUT2D eigenvalue weighted by molar-refractivity contribution is 0.0697. The van der Waals surface area contributed by atoms with Crippen molar-refractivity contribution in [1.82, 2.24) is 0 Å². The van der Waals surface area contributed by atoms with Crippen LogP contribution in [-0.4, -0.2) is 16.2 Å². The molecule has 0 amide bonds. The van der Waals surface area contributed by atoms with Crippen LogP contribution in [0, 0.1) is 11.3 Å². The number of hydrogen-bond acceptors (Lipinski definition) is 4. The number of nitrogens with zero attached hydrogens (tertiary/aromatic N) is 1. The topological polar surface area (TPSA) is 107 Å². The van der Waals surface area contributed by atoms with Gasteiger partial charge in [-0.25, -0.2) is 4.79 Å². The van der Waals surface area contributed by atoms with E-state index in [2.05, 4.69) is 0 Å². The third kappa shape index (κ3) is 1.81. The zero-order chi connectivity index (χ0) is 10.7. The predicted octanol–water partition coefficient (Wildman–Crippen LogP) is 0.614. The normalized spacial score (nSPS) is 11.7. The smallest absolute Gasteiger partial charge is 0.335 e. The Morgan fingerprint density at radius 1 is 1.57 bits per heavy atom. The lowest BCUT2D eigenvalue weighted by atomic mass is 10.0. The molecule has 0 bridgehead atoms. The average Bonchev–Trinajstić information content (AvgIpc) is 2.17. The standard InChI is InChI=1S/C9H8N2O3/c10-4-7(11)6-3-5(9(13)14)1-2-8(6)12/h1-3,7,12H,11H2,(H,13,14). The molecule has 1 atom stereocenters. The number of carboxylic acid groups (broad SMARTS) is 1. The van der Waals surface area contributed by atoms with E-state index in [4.69, 9.17) is 16.1 Å². The summed E-state index contributed by atoms with van der Waals surface area (Å²) in [6.07, 6.45) is 0. The summed E-state index contributed by atoms with van der Waals surface area (Å²) in [5.74, 6) is -1.31. The molecule has 0 aliphatic heterocycles. The van der Waals surface area contributed by atoms with E-state index in [9.17, 15) is 9.90 Å². The molecule has 0 aliphatic rings. The molecule has 72 valence electrons. The molecule has 0 heterocycles. The van der Waals surface area contributed by atoms with Gasteiger partial charge in [-0.05, 0) is 18.2 Å². The minimum absolute atomic E-state index is 0.0106. The second-order valence-electron chi connectivity index (χ2n) is 2.69. The van der Waals surface area contributed by atoms with Gasteiger partial charge >= 0.3 is 5.97 Å². The highest BCUT2D eigenvalue weighted by Crippen LogP contribution is 2.23. The number of aromatic hydroxyl groups is 1. The van der Waals surface area contributed by atoms with E-state index >= 15 is 0 Å². The molecule has 1 unspecified atom stereocenters. The summed E-state index contributed by atoms with van der Waals surface area (Å²) in [5.41, 5.74) is 5.46. The number of nitrogens with two attached hydrogens (primary N) is 1. The summed E-state index contributed by atoms with van der Waals surface area (Å²) in [5, 5.41) is 26.5. The molecule has 1 aromatic carbocycles. The molecule has 14 heavy (non-hydrogen) atoms. The summed E-state index contributed by atoms with van der Waals surface area (Å²) in [6.45, 7) is 0. The maximum absolute atomic E-state index is 10.6. The first-order chi connectivity index (χ1) is 6.56. The van der Waals surface area contributed by atoms with E-state index in [-0.39, 0.29) is 16.9 Å². The predicted molar refractivity (Wildman–Crippen MR) is 47.6 cm³/mol. The molecular weight excluding hydrogens is 184 g/mol. The van der Waals surface area contributed by atoms with Crippen molar-refractivity contribution in [1.29, 1.82) is 5.26 Å². The Morgan fingerprint density at radius 3 is 2.71 bits per heavy atom. The Kier molecular flexibility index (Phi) is 2.70. The van der Waals surface area contributed by atoms with Gasteiger partial charge in [0.05, 0.1) is 11.6 Å². The largest absolute Gasteiger partial charge is 0.508 e. The van der Waals surface area contributed by atoms with Crippen LogP contribution in [0.15, 0.2) is 18.2 Å². The van der Waals surface area contributed by atoms with Crippen molar-refractivity contribution < 1.29 is 15.0 Å². The third-order valence-corrected chi connectivity index (χ3v) is 1.75. The van der Waals surface area contributed by atoms with Crippen LogP contribution in [0.4, 0.5) is 0 Å². The molecule has 0 aromatic heterocycles. The second kappa shape index (κ2) is 3.77. The van der Waals surface area contributed by atoms with E-state index in [1.807, 2.05) is 0 Å². The molecule has 4 N–H and O–H groups in total. The summed E-state index contributed by atoms with van der Waals surface area (Å²) in [4.78, 5) is 10.6. The fourth-order valence-corrected chi connectivity index (χ4v) is 1.01. The minimum atomic E-state index is -1.13. The Morgan fingerprint density at radius 2 is 2.21 bits per heavy atom. The molecule has 0 aliphatic carbocycles. The molecule has 0 spiro atoms. The van der Waals surface area contributed by atoms with Crippen LogP contribution in [0.2, 0.25) is 0 Å². The monoisotopic (exact) mass is 192 g/mol. The lowest BCUT2D eigenvalue weighted by Crippen LogP contribution is -2.09. The lowest BCUT2D eigenvalue weighted by Gasteiger charge is -2.06. The number of carboxylic acids is 1. The van der Waals surface area contributed by atoms with Gasteiger partial charge in [-0.2, -0.15) is 5.26 Å². The fraction of sp³-hybridized carbons (Fsp3) is 0.111. The van der Waals surface area contributed by atoms with Gasteiger partial charge in [0.1, 0.15) is 11.8 Å². The van der Waals surface area contributed by atoms with E-state index < -0.39 is 12.0 Å². The van der Waals surface area contributed by atoms with Gasteiger partial charge in [-0.3, -0.25) is 0 Å². The van der Waals surface area contributed by atoms with Gasteiger partial charge in [0.2, 0.25) is 0 Å². The molecule has 0 saturated carbocycles. The van der Waals surface area contributed by atoms with Crippen LogP contribution in [-0.2, 0) is 0 Å². The maximum Gasteiger partial charge on any atom is 0.335 e. The number of hydrogen-bond donors (Lipinski definition) is 3. The summed E-state index contributed by atoms with van der Waals surface area (Å²) in [7, 11) is 0. The summed E-state index contributed by atoms with van der Waals surface area (Å²) < 4.78 is 0. The Hall–Kier alpha value is -2.06. The van der Waals surface area contributed by atoms with Gasteiger partial charge in [0.15, 0.2) is 0 Å². The number of phenolic OH excluding ortho intramolecular Hbond substituents is 1. The van der Waals surface area contributed by atoms with E-state index in [0.29, 0.717) is 0 Å². The number of carbonyl (C=O) groups is 1. The minimum Gasteiger partial charge on any atom is -0.508 e. The zero-order valence-electron chi connectivity index (χ0n) is 7.14. The molecule has 1 aromatic rings. The third-order valence-electron chi connectivity index (χ3n) is 1.75. The highest BCUT2D eigenvalue weighted by Gasteiger charge is 2.13. The first-order valence-corrected chi connectivity index (χ1v) is 3.77. The van der Waals surface area contributed by atoms with Gasteiger partial charge in [-0.1, -0.05) is 0 Å². The van der Waals surface area contributed by atoms with Crippen LogP contribution in [0.5, 0.6) is 5.75 Å². The first kappa shape index (κ1) is 10.0. The summed E-state index contributed by atoms with van der Waals surface area (Å²) >= 11 is 0. The molecule has 5 heteroatoms. The molecule has 5 nitrogen and oxygen atoms in total. The maximum atomic E-state index is 10.6. The number of phenols is 1. The molecular formula is C9H8N2O3. The number of rotatable bonds is 2. The van der Waals surface area contributed by atoms with Crippen molar-refractivity contribution in [2.24, 2.45) is 5.73 Å². The highest BCUT2D eigenvalue weighted by molar-refractivity contribution is 5.88. The van der Waals surface area contributed by atoms with Crippen molar-refractivity contribution >= 4 is 5.97 Å². The summed E-state index contributed by atoms with van der Waals surface area (Å²) in [6, 6.07) is 4.33. The van der Waals surface area contributed by atoms with Crippen molar-refractivity contribution in [3.63, 3.8) is 0 Å². The molecule has 0 radical (unpaired) electrons. The van der Waals surface area contributed by atoms with Gasteiger partial charge in [0, 0.05) is 5.56 Å². The fourth-order valence-electron chi connectivity index (χ4n) is 1.01. The van der Waals surface area contributed by atoms with Crippen LogP contribution in [0.25, 0.3) is 0 Å². The molecule has 0 saturated heterocycles. The number of aromatic carboxylic acids is 1. The SMILES string of the molecule is N#CC(N)c1cc(C(=O)O)ccc1O. The Bertz CT molecular complexity index is 409. The van der Waals surface area contributed by atoms with Crippen molar-refractivity contribution in [2.45, 2.75) is 6.04 Å². The van der Waals surface area contributed by atoms with Crippen molar-refractivity contribution in [2.75, 3.05) is 0 Å². The zero-order valence-corrected chi connectivity index (χ0v) is 7.14. The van der Waals surface area contributed by atoms with Crippen LogP contribution >= 0.6 is 0 Å². The van der Waals surface area contributed by atoms with E-state index in [1.54, 1.807) is 6.07 Å². The van der Waals surface area contributed by atoms with Crippen LogP contribution in [0.3, 0.4) is 0 Å². The van der Waals surface area contributed by atoms with Gasteiger partial charge in [-0.15, -0.1) is 0 Å². The van der Waals surface area contributed by atoms with Crippen LogP contribution < -0.4 is 5.73 Å². The first-order valence-electron chi connectivity index (χ1n) is 3.77. The number of nitriles is 1. The Labute approximate surface area is 80.0 Å². The molecule has 1 rings (SSSR count). The number of benzene rings is 1. The molecule has 0 fully saturated rings. The second-order valence-corrected chi connectivity index (χ2v) is 2.69. The van der Waals surface area contributed by atoms with Crippen molar-refractivity contribution in [3.8, 4) is 11.8 Å². The van der Waals surface area contributed by atoms with Crippen molar-refractivity contribution in [3.05, 3.63) is 29.3 Å². The van der Waals surface area contributed by atoms with Gasteiger partial charge < -0.3 is 15.9 Å². The van der Waals surface area contributed by atoms with Crippen LogP contribution in [0.1, 0.15) is 22.0 Å². The van der Waals surface area contributed by atoms with Gasteiger partial charge in [0.25, 0.3) is 0 Å². The average molecular weight is 192 g/mol. The quantitative estimate of drug-likeness (QED) is 0.636. The van der Waals surface area contributed by atoms with E-state index in [1.165, 1.54) is 18.2 Å². The highest BCUT2D eigenvalue weighted by atomic mass is 16.4. The van der Waals surface area contributed by atoms with E-state index in [0.717, 1.165) is 0 Å².